The molecule has 0 aliphatic carbocycles. The molecular formula is C6H10N2O. The van der Waals surface area contributed by atoms with E-state index in [0.29, 0.717) is 0 Å². The molecule has 0 fully saturated rings. The van der Waals surface area contributed by atoms with Crippen molar-refractivity contribution in [3.05, 3.63) is 18.2 Å². The predicted molar refractivity (Wildman–Crippen MR) is 34.0 cm³/mol. The molecule has 1 rings (SSSR count). The van der Waals surface area contributed by atoms with Crippen LogP contribution in [0.15, 0.2) is 12.5 Å². The third kappa shape index (κ3) is 1.29. The zero-order chi connectivity index (χ0) is 6.69. The molecule has 1 atom stereocenters. The van der Waals surface area contributed by atoms with E-state index in [9.17, 15) is 0 Å². The summed E-state index contributed by atoms with van der Waals surface area (Å²) in [5.74, 6) is 0. The fraction of sp³-hybridized carbons (Fsp3) is 0.500. The van der Waals surface area contributed by atoms with Crippen LogP contribution in [-0.4, -0.2) is 17.1 Å². The number of imidazole rings is 1. The van der Waals surface area contributed by atoms with Gasteiger partial charge in [0, 0.05) is 13.3 Å². The van der Waals surface area contributed by atoms with E-state index in [1.165, 1.54) is 0 Å². The van der Waals surface area contributed by atoms with Crippen LogP contribution in [0.2, 0.25) is 0 Å². The van der Waals surface area contributed by atoms with Crippen LogP contribution >= 0.6 is 0 Å². The summed E-state index contributed by atoms with van der Waals surface area (Å²) in [4.78, 5) is 6.86. The first-order valence-electron chi connectivity index (χ1n) is 2.86. The largest absolute Gasteiger partial charge is 0.375 e. The van der Waals surface area contributed by atoms with Crippen LogP contribution in [0.1, 0.15) is 18.7 Å². The number of aromatic nitrogens is 2. The van der Waals surface area contributed by atoms with Crippen LogP contribution < -0.4 is 0 Å². The lowest BCUT2D eigenvalue weighted by molar-refractivity contribution is 0.116. The molecule has 0 aliphatic rings. The first-order chi connectivity index (χ1) is 4.34. The summed E-state index contributed by atoms with van der Waals surface area (Å²) >= 11 is 0. The SMILES string of the molecule is CO[C@@H](C)c1c[nH]cn1. The molecule has 0 bridgehead atoms. The Morgan fingerprint density at radius 3 is 3.00 bits per heavy atom. The molecule has 3 heteroatoms. The molecule has 3 nitrogen and oxygen atoms in total. The Morgan fingerprint density at radius 1 is 1.78 bits per heavy atom. The lowest BCUT2D eigenvalue weighted by Crippen LogP contribution is -1.94. The zero-order valence-electron chi connectivity index (χ0n) is 5.59. The smallest absolute Gasteiger partial charge is 0.0978 e. The molecule has 1 aromatic heterocycles. The Morgan fingerprint density at radius 2 is 2.56 bits per heavy atom. The van der Waals surface area contributed by atoms with Crippen molar-refractivity contribution in [1.29, 1.82) is 0 Å². The Labute approximate surface area is 54.1 Å². The summed E-state index contributed by atoms with van der Waals surface area (Å²) in [6.45, 7) is 1.95. The van der Waals surface area contributed by atoms with Crippen LogP contribution in [-0.2, 0) is 4.74 Å². The van der Waals surface area contributed by atoms with Gasteiger partial charge >= 0.3 is 0 Å². The molecule has 1 N–H and O–H groups in total. The van der Waals surface area contributed by atoms with Gasteiger partial charge in [-0.2, -0.15) is 0 Å². The first kappa shape index (κ1) is 6.29. The molecule has 0 saturated carbocycles. The molecule has 9 heavy (non-hydrogen) atoms. The highest BCUT2D eigenvalue weighted by Gasteiger charge is 2.02. The highest BCUT2D eigenvalue weighted by atomic mass is 16.5. The van der Waals surface area contributed by atoms with E-state index in [-0.39, 0.29) is 6.10 Å². The van der Waals surface area contributed by atoms with Crippen molar-refractivity contribution < 1.29 is 4.74 Å². The van der Waals surface area contributed by atoms with E-state index in [0.717, 1.165) is 5.69 Å². The minimum Gasteiger partial charge on any atom is -0.375 e. The van der Waals surface area contributed by atoms with Crippen molar-refractivity contribution in [2.45, 2.75) is 13.0 Å². The lowest BCUT2D eigenvalue weighted by atomic mass is 10.3. The van der Waals surface area contributed by atoms with Gasteiger partial charge in [0.25, 0.3) is 0 Å². The zero-order valence-corrected chi connectivity index (χ0v) is 5.59. The number of rotatable bonds is 2. The molecular weight excluding hydrogens is 116 g/mol. The number of ether oxygens (including phenoxy) is 1. The highest BCUT2D eigenvalue weighted by molar-refractivity contribution is 4.97. The lowest BCUT2D eigenvalue weighted by Gasteiger charge is -2.02. The number of aromatic amines is 1. The quantitative estimate of drug-likeness (QED) is 0.644. The van der Waals surface area contributed by atoms with Crippen LogP contribution in [0.4, 0.5) is 0 Å². The third-order valence-corrected chi connectivity index (χ3v) is 1.29. The minimum absolute atomic E-state index is 0.0937. The van der Waals surface area contributed by atoms with Gasteiger partial charge in [-0.05, 0) is 6.92 Å². The second-order valence-electron chi connectivity index (χ2n) is 1.87. The van der Waals surface area contributed by atoms with Gasteiger partial charge in [-0.3, -0.25) is 0 Å². The number of nitrogens with one attached hydrogen (secondary N) is 1. The number of nitrogens with zero attached hydrogens (tertiary/aromatic N) is 1. The monoisotopic (exact) mass is 126 g/mol. The molecule has 0 aliphatic heterocycles. The molecule has 0 amide bonds. The molecule has 0 aromatic carbocycles. The molecule has 1 aromatic rings. The molecule has 0 spiro atoms. The topological polar surface area (TPSA) is 37.9 Å². The molecule has 0 saturated heterocycles. The summed E-state index contributed by atoms with van der Waals surface area (Å²) in [7, 11) is 1.67. The summed E-state index contributed by atoms with van der Waals surface area (Å²) < 4.78 is 5.01. The Hall–Kier alpha value is -0.830. The van der Waals surface area contributed by atoms with Gasteiger partial charge in [0.1, 0.15) is 0 Å². The van der Waals surface area contributed by atoms with Crippen molar-refractivity contribution in [3.63, 3.8) is 0 Å². The third-order valence-electron chi connectivity index (χ3n) is 1.29. The van der Waals surface area contributed by atoms with Crippen LogP contribution in [0.3, 0.4) is 0 Å². The molecule has 1 heterocycles. The van der Waals surface area contributed by atoms with Crippen molar-refractivity contribution in [3.8, 4) is 0 Å². The average Bonchev–Trinajstić information content (AvgIpc) is 2.37. The van der Waals surface area contributed by atoms with E-state index in [1.807, 2.05) is 13.1 Å². The maximum absolute atomic E-state index is 5.01. The molecule has 50 valence electrons. The van der Waals surface area contributed by atoms with Gasteiger partial charge in [-0.25, -0.2) is 4.98 Å². The van der Waals surface area contributed by atoms with Gasteiger partial charge in [0.05, 0.1) is 18.1 Å². The second kappa shape index (κ2) is 2.64. The van der Waals surface area contributed by atoms with E-state index in [1.54, 1.807) is 13.4 Å². The van der Waals surface area contributed by atoms with Crippen LogP contribution in [0, 0.1) is 0 Å². The Bertz CT molecular complexity index is 160. The average molecular weight is 126 g/mol. The molecule has 0 radical (unpaired) electrons. The summed E-state index contributed by atoms with van der Waals surface area (Å²) in [6.07, 6.45) is 3.56. The first-order valence-corrected chi connectivity index (χ1v) is 2.86. The van der Waals surface area contributed by atoms with E-state index in [4.69, 9.17) is 4.74 Å². The van der Waals surface area contributed by atoms with E-state index < -0.39 is 0 Å². The van der Waals surface area contributed by atoms with E-state index in [2.05, 4.69) is 9.97 Å². The second-order valence-corrected chi connectivity index (χ2v) is 1.87. The fourth-order valence-corrected chi connectivity index (χ4v) is 0.615. The maximum atomic E-state index is 5.01. The maximum Gasteiger partial charge on any atom is 0.0978 e. The summed E-state index contributed by atoms with van der Waals surface area (Å²) in [6, 6.07) is 0. The van der Waals surface area contributed by atoms with Crippen LogP contribution in [0.25, 0.3) is 0 Å². The van der Waals surface area contributed by atoms with Crippen molar-refractivity contribution >= 4 is 0 Å². The van der Waals surface area contributed by atoms with Gasteiger partial charge in [-0.15, -0.1) is 0 Å². The summed E-state index contributed by atoms with van der Waals surface area (Å²) in [5.41, 5.74) is 0.942. The van der Waals surface area contributed by atoms with Crippen molar-refractivity contribution in [1.82, 2.24) is 9.97 Å². The van der Waals surface area contributed by atoms with E-state index >= 15 is 0 Å². The standard InChI is InChI=1S/C6H10N2O/c1-5(9-2)6-3-7-4-8-6/h3-5H,1-2H3,(H,7,8)/t5-/m0/s1. The minimum atomic E-state index is 0.0937. The normalized spacial score (nSPS) is 13.6. The van der Waals surface area contributed by atoms with Gasteiger partial charge in [0.2, 0.25) is 0 Å². The van der Waals surface area contributed by atoms with Gasteiger partial charge in [0.15, 0.2) is 0 Å². The predicted octanol–water partition coefficient (Wildman–Crippen LogP) is 1.12. The fourth-order valence-electron chi connectivity index (χ4n) is 0.615. The van der Waals surface area contributed by atoms with Gasteiger partial charge in [-0.1, -0.05) is 0 Å². The van der Waals surface area contributed by atoms with Crippen molar-refractivity contribution in [2.24, 2.45) is 0 Å². The number of methoxy groups -OCH3 is 1. The number of hydrogen-bond donors (Lipinski definition) is 1. The van der Waals surface area contributed by atoms with Crippen LogP contribution in [0.5, 0.6) is 0 Å². The highest BCUT2D eigenvalue weighted by Crippen LogP contribution is 2.09. The summed E-state index contributed by atoms with van der Waals surface area (Å²) in [5, 5.41) is 0. The van der Waals surface area contributed by atoms with Crippen molar-refractivity contribution in [2.75, 3.05) is 7.11 Å². The molecule has 0 unspecified atom stereocenters. The Balaban J connectivity index is 2.65. The number of H-pyrrole nitrogens is 1. The number of hydrogen-bond acceptors (Lipinski definition) is 2. The Kier molecular flexibility index (Phi) is 1.85. The van der Waals surface area contributed by atoms with Gasteiger partial charge < -0.3 is 9.72 Å².